The first-order valence-corrected chi connectivity index (χ1v) is 8.58. The number of sulfonamides is 1. The Kier molecular flexibility index (Phi) is 5.27. The molecule has 0 bridgehead atoms. The number of rotatable bonds is 7. The van der Waals surface area contributed by atoms with Gasteiger partial charge in [-0.25, -0.2) is 13.1 Å². The van der Waals surface area contributed by atoms with Gasteiger partial charge in [0.25, 0.3) is 0 Å². The normalized spacial score (nSPS) is 11.5. The van der Waals surface area contributed by atoms with Crippen LogP contribution in [-0.4, -0.2) is 39.0 Å². The zero-order valence-corrected chi connectivity index (χ0v) is 14.5. The fourth-order valence-corrected chi connectivity index (χ4v) is 3.46. The summed E-state index contributed by atoms with van der Waals surface area (Å²) in [6.45, 7) is 4.50. The van der Waals surface area contributed by atoms with Crippen molar-refractivity contribution in [3.05, 3.63) is 35.7 Å². The van der Waals surface area contributed by atoms with Crippen LogP contribution in [0, 0.1) is 13.8 Å². The number of nitrogens with zero attached hydrogens (tertiary/aromatic N) is 2. The van der Waals surface area contributed by atoms with Crippen LogP contribution in [0.4, 0.5) is 0 Å². The van der Waals surface area contributed by atoms with Gasteiger partial charge in [0.05, 0.1) is 26.5 Å². The van der Waals surface area contributed by atoms with Gasteiger partial charge in [-0.1, -0.05) is 0 Å². The molecule has 0 radical (unpaired) electrons. The lowest BCUT2D eigenvalue weighted by atomic mass is 10.3. The molecule has 0 saturated carbocycles. The van der Waals surface area contributed by atoms with Crippen LogP contribution in [-0.2, 0) is 16.6 Å². The third kappa shape index (κ3) is 4.02. The Hall–Kier alpha value is -2.06. The monoisotopic (exact) mass is 339 g/mol. The van der Waals surface area contributed by atoms with Gasteiger partial charge in [0.15, 0.2) is 0 Å². The van der Waals surface area contributed by atoms with E-state index in [0.717, 1.165) is 11.4 Å². The summed E-state index contributed by atoms with van der Waals surface area (Å²) in [5.41, 5.74) is 1.89. The third-order valence-corrected chi connectivity index (χ3v) is 4.86. The maximum Gasteiger partial charge on any atom is 0.244 e. The van der Waals surface area contributed by atoms with Gasteiger partial charge in [0.2, 0.25) is 10.0 Å². The molecule has 0 aliphatic rings. The van der Waals surface area contributed by atoms with Crippen molar-refractivity contribution in [2.24, 2.45) is 0 Å². The first-order chi connectivity index (χ1) is 10.9. The van der Waals surface area contributed by atoms with E-state index in [1.54, 1.807) is 16.8 Å². The third-order valence-electron chi connectivity index (χ3n) is 3.38. The second kappa shape index (κ2) is 7.01. The Morgan fingerprint density at radius 2 is 1.91 bits per heavy atom. The molecule has 2 rings (SSSR count). The molecule has 0 fully saturated rings. The maximum absolute atomic E-state index is 12.5. The van der Waals surface area contributed by atoms with Crippen LogP contribution in [0.5, 0.6) is 11.5 Å². The predicted molar refractivity (Wildman–Crippen MR) is 86.4 cm³/mol. The molecule has 0 amide bonds. The van der Waals surface area contributed by atoms with E-state index in [1.807, 2.05) is 19.9 Å². The predicted octanol–water partition coefficient (Wildman–Crippen LogP) is 1.50. The molecule has 0 aliphatic carbocycles. The van der Waals surface area contributed by atoms with Crippen LogP contribution in [0.3, 0.4) is 0 Å². The first-order valence-electron chi connectivity index (χ1n) is 7.10. The number of hydrogen-bond acceptors (Lipinski definition) is 5. The first kappa shape index (κ1) is 17.3. The number of methoxy groups -OCH3 is 2. The lowest BCUT2D eigenvalue weighted by Crippen LogP contribution is -2.28. The summed E-state index contributed by atoms with van der Waals surface area (Å²) in [6, 6.07) is 6.59. The smallest absolute Gasteiger partial charge is 0.244 e. The van der Waals surface area contributed by atoms with E-state index in [4.69, 9.17) is 9.47 Å². The van der Waals surface area contributed by atoms with Crippen molar-refractivity contribution >= 4 is 10.0 Å². The average molecular weight is 339 g/mol. The molecule has 126 valence electrons. The summed E-state index contributed by atoms with van der Waals surface area (Å²) in [7, 11) is -0.800. The molecular weight excluding hydrogens is 318 g/mol. The fraction of sp³-hybridized carbons (Fsp3) is 0.400. The molecule has 23 heavy (non-hydrogen) atoms. The van der Waals surface area contributed by atoms with Crippen molar-refractivity contribution in [1.29, 1.82) is 0 Å². The Labute approximate surface area is 136 Å². The fourth-order valence-electron chi connectivity index (χ4n) is 2.26. The molecule has 2 aromatic rings. The van der Waals surface area contributed by atoms with Crippen molar-refractivity contribution in [2.45, 2.75) is 25.3 Å². The minimum atomic E-state index is -3.71. The quantitative estimate of drug-likeness (QED) is 0.826. The molecule has 1 heterocycles. The number of benzene rings is 1. The molecule has 0 aliphatic heterocycles. The van der Waals surface area contributed by atoms with E-state index < -0.39 is 10.0 Å². The largest absolute Gasteiger partial charge is 0.497 e. The van der Waals surface area contributed by atoms with E-state index in [-0.39, 0.29) is 17.2 Å². The van der Waals surface area contributed by atoms with Gasteiger partial charge >= 0.3 is 0 Å². The van der Waals surface area contributed by atoms with Crippen LogP contribution in [0.25, 0.3) is 0 Å². The minimum Gasteiger partial charge on any atom is -0.497 e. The topological polar surface area (TPSA) is 82.5 Å². The van der Waals surface area contributed by atoms with Gasteiger partial charge in [-0.15, -0.1) is 0 Å². The number of hydrogen-bond donors (Lipinski definition) is 1. The van der Waals surface area contributed by atoms with Crippen LogP contribution < -0.4 is 14.2 Å². The molecule has 8 heteroatoms. The minimum absolute atomic E-state index is 0.0488. The number of nitrogens with one attached hydrogen (secondary N) is 1. The lowest BCUT2D eigenvalue weighted by molar-refractivity contribution is 0.392. The Bertz CT molecular complexity index is 784. The van der Waals surface area contributed by atoms with Crippen LogP contribution in [0.2, 0.25) is 0 Å². The molecule has 1 N–H and O–H groups in total. The average Bonchev–Trinajstić information content (AvgIpc) is 2.84. The zero-order valence-electron chi connectivity index (χ0n) is 13.7. The summed E-state index contributed by atoms with van der Waals surface area (Å²) in [5.74, 6) is 0.717. The molecule has 1 aromatic heterocycles. The van der Waals surface area contributed by atoms with Gasteiger partial charge in [0, 0.05) is 18.3 Å². The molecule has 1 aromatic carbocycles. The molecule has 0 atom stereocenters. The van der Waals surface area contributed by atoms with E-state index in [2.05, 4.69) is 9.82 Å². The molecule has 0 unspecified atom stereocenters. The highest BCUT2D eigenvalue weighted by atomic mass is 32.2. The summed E-state index contributed by atoms with van der Waals surface area (Å²) in [4.78, 5) is 0.0488. The molecule has 0 spiro atoms. The van der Waals surface area contributed by atoms with Crippen molar-refractivity contribution in [2.75, 3.05) is 20.8 Å². The van der Waals surface area contributed by atoms with E-state index in [9.17, 15) is 8.42 Å². The van der Waals surface area contributed by atoms with Gasteiger partial charge in [-0.2, -0.15) is 5.10 Å². The summed E-state index contributed by atoms with van der Waals surface area (Å²) in [6.07, 6.45) is 0. The second-order valence-electron chi connectivity index (χ2n) is 5.06. The van der Waals surface area contributed by atoms with Crippen LogP contribution >= 0.6 is 0 Å². The van der Waals surface area contributed by atoms with Crippen LogP contribution in [0.15, 0.2) is 29.2 Å². The van der Waals surface area contributed by atoms with Crippen LogP contribution in [0.1, 0.15) is 11.4 Å². The zero-order chi connectivity index (χ0) is 17.0. The highest BCUT2D eigenvalue weighted by Crippen LogP contribution is 2.27. The number of aryl methyl sites for hydroxylation is 2. The summed E-state index contributed by atoms with van der Waals surface area (Å²) < 4.78 is 39.5. The second-order valence-corrected chi connectivity index (χ2v) is 6.80. The van der Waals surface area contributed by atoms with Gasteiger partial charge < -0.3 is 9.47 Å². The summed E-state index contributed by atoms with van der Waals surface area (Å²) in [5, 5.41) is 4.30. The lowest BCUT2D eigenvalue weighted by Gasteiger charge is -2.12. The van der Waals surface area contributed by atoms with Crippen molar-refractivity contribution < 1.29 is 17.9 Å². The Morgan fingerprint density at radius 3 is 2.48 bits per heavy atom. The Balaban J connectivity index is 2.14. The van der Waals surface area contributed by atoms with Gasteiger partial charge in [-0.05, 0) is 32.0 Å². The highest BCUT2D eigenvalue weighted by molar-refractivity contribution is 7.89. The standard InChI is InChI=1S/C15H21N3O4S/c1-11-9-12(2)18(17-11)8-7-16-23(19,20)15-10-13(21-3)5-6-14(15)22-4/h5-6,9-10,16H,7-8H2,1-4H3. The number of aromatic nitrogens is 2. The van der Waals surface area contributed by atoms with E-state index in [0.29, 0.717) is 12.3 Å². The molecule has 7 nitrogen and oxygen atoms in total. The number of ether oxygens (including phenoxy) is 2. The molecule has 0 saturated heterocycles. The summed E-state index contributed by atoms with van der Waals surface area (Å²) >= 11 is 0. The Morgan fingerprint density at radius 1 is 1.17 bits per heavy atom. The SMILES string of the molecule is COc1ccc(OC)c(S(=O)(=O)NCCn2nc(C)cc2C)c1. The van der Waals surface area contributed by atoms with E-state index in [1.165, 1.54) is 20.3 Å². The highest BCUT2D eigenvalue weighted by Gasteiger charge is 2.20. The van der Waals surface area contributed by atoms with Crippen molar-refractivity contribution in [1.82, 2.24) is 14.5 Å². The molecular formula is C15H21N3O4S. The van der Waals surface area contributed by atoms with Crippen molar-refractivity contribution in [3.63, 3.8) is 0 Å². The van der Waals surface area contributed by atoms with Crippen molar-refractivity contribution in [3.8, 4) is 11.5 Å². The van der Waals surface area contributed by atoms with E-state index >= 15 is 0 Å². The van der Waals surface area contributed by atoms with Gasteiger partial charge in [0.1, 0.15) is 16.4 Å². The van der Waals surface area contributed by atoms with Gasteiger partial charge in [-0.3, -0.25) is 4.68 Å². The maximum atomic E-state index is 12.5.